The molecule has 0 radical (unpaired) electrons. The van der Waals surface area contributed by atoms with Crippen molar-refractivity contribution in [3.8, 4) is 5.82 Å². The van der Waals surface area contributed by atoms with Crippen LogP contribution in [0.4, 0.5) is 5.82 Å². The number of anilines is 1. The number of fused-ring (bicyclic) bond motifs is 1. The van der Waals surface area contributed by atoms with Crippen LogP contribution in [0.25, 0.3) is 5.82 Å². The lowest BCUT2D eigenvalue weighted by molar-refractivity contribution is -0.119. The molecule has 0 saturated heterocycles. The Bertz CT molecular complexity index is 1130. The number of aliphatic imine (C=N–C) groups is 1. The summed E-state index contributed by atoms with van der Waals surface area (Å²) in [5.41, 5.74) is 2.29. The van der Waals surface area contributed by atoms with E-state index in [4.69, 9.17) is 4.98 Å². The molecule has 0 bridgehead atoms. The van der Waals surface area contributed by atoms with E-state index in [1.165, 1.54) is 0 Å². The lowest BCUT2D eigenvalue weighted by Crippen LogP contribution is -2.28. The molecule has 0 unspecified atom stereocenters. The van der Waals surface area contributed by atoms with E-state index in [9.17, 15) is 4.79 Å². The van der Waals surface area contributed by atoms with Crippen LogP contribution in [0, 0.1) is 13.8 Å². The average Bonchev–Trinajstić information content (AvgIpc) is 3.18. The number of hydrogen-bond donors (Lipinski definition) is 1. The minimum atomic E-state index is -0.756. The van der Waals surface area contributed by atoms with Gasteiger partial charge in [0.05, 0.1) is 11.0 Å². The second-order valence-corrected chi connectivity index (χ2v) is 7.23. The molecule has 1 aliphatic heterocycles. The highest BCUT2D eigenvalue weighted by molar-refractivity contribution is 6.12. The quantitative estimate of drug-likeness (QED) is 0.709. The van der Waals surface area contributed by atoms with Crippen molar-refractivity contribution in [1.82, 2.24) is 24.5 Å². The molecule has 0 aromatic carbocycles. The summed E-state index contributed by atoms with van der Waals surface area (Å²) in [6, 6.07) is 3.79. The van der Waals surface area contributed by atoms with E-state index in [-0.39, 0.29) is 5.91 Å². The van der Waals surface area contributed by atoms with Gasteiger partial charge >= 0.3 is 0 Å². The van der Waals surface area contributed by atoms with Gasteiger partial charge in [-0.25, -0.2) is 15.0 Å². The molecule has 8 heteroatoms. The fraction of sp³-hybridized carbons (Fsp3) is 0.300. The summed E-state index contributed by atoms with van der Waals surface area (Å²) in [6.45, 7) is 7.55. The number of imidazole rings is 1. The highest BCUT2D eigenvalue weighted by Crippen LogP contribution is 2.39. The van der Waals surface area contributed by atoms with E-state index >= 15 is 0 Å². The molecule has 28 heavy (non-hydrogen) atoms. The SMILES string of the molecule is CN=C(c1nc2c(c(-n3ccnc3C)n1)C(C)(C)C(=O)N2)c1cccnc1C. The molecular weight excluding hydrogens is 354 g/mol. The fourth-order valence-corrected chi connectivity index (χ4v) is 3.45. The number of carbonyl (C=O) groups is 1. The topological polar surface area (TPSA) is 98.0 Å². The van der Waals surface area contributed by atoms with Crippen LogP contribution >= 0.6 is 0 Å². The summed E-state index contributed by atoms with van der Waals surface area (Å²) < 4.78 is 1.87. The maximum atomic E-state index is 12.6. The summed E-state index contributed by atoms with van der Waals surface area (Å²) in [5.74, 6) is 2.22. The third-order valence-electron chi connectivity index (χ3n) is 5.07. The van der Waals surface area contributed by atoms with Gasteiger partial charge in [0.25, 0.3) is 0 Å². The second kappa shape index (κ2) is 6.33. The number of rotatable bonds is 3. The summed E-state index contributed by atoms with van der Waals surface area (Å²) >= 11 is 0. The molecular formula is C20H21N7O. The predicted molar refractivity (Wildman–Crippen MR) is 106 cm³/mol. The number of nitrogens with one attached hydrogen (secondary N) is 1. The lowest BCUT2D eigenvalue weighted by Gasteiger charge is -2.19. The second-order valence-electron chi connectivity index (χ2n) is 7.23. The standard InChI is InChI=1S/C20H21N7O/c1-11-13(7-6-8-22-11)15(21-5)17-24-16-14(20(3,4)19(28)26-16)18(25-17)27-10-9-23-12(27)2/h6-10H,1-5H3,(H,24,25,26,28). The normalized spacial score (nSPS) is 15.5. The average molecular weight is 375 g/mol. The number of pyridine rings is 1. The van der Waals surface area contributed by atoms with E-state index < -0.39 is 5.41 Å². The smallest absolute Gasteiger partial charge is 0.235 e. The Balaban J connectivity index is 2.00. The molecule has 3 aromatic heterocycles. The van der Waals surface area contributed by atoms with E-state index in [0.717, 1.165) is 22.6 Å². The van der Waals surface area contributed by atoms with Gasteiger partial charge in [-0.2, -0.15) is 0 Å². The molecule has 0 atom stereocenters. The number of hydrogen-bond acceptors (Lipinski definition) is 6. The van der Waals surface area contributed by atoms with Crippen LogP contribution in [0.2, 0.25) is 0 Å². The van der Waals surface area contributed by atoms with Gasteiger partial charge in [0, 0.05) is 36.9 Å². The Morgan fingerprint density at radius 1 is 1.18 bits per heavy atom. The Labute approximate surface area is 162 Å². The van der Waals surface area contributed by atoms with Crippen molar-refractivity contribution >= 4 is 17.4 Å². The molecule has 4 rings (SSSR count). The Morgan fingerprint density at radius 2 is 1.96 bits per heavy atom. The monoisotopic (exact) mass is 375 g/mol. The van der Waals surface area contributed by atoms with Gasteiger partial charge in [-0.3, -0.25) is 19.3 Å². The summed E-state index contributed by atoms with van der Waals surface area (Å²) in [7, 11) is 1.70. The van der Waals surface area contributed by atoms with E-state index in [2.05, 4.69) is 25.3 Å². The third-order valence-corrected chi connectivity index (χ3v) is 5.07. The molecule has 0 spiro atoms. The van der Waals surface area contributed by atoms with Gasteiger partial charge in [-0.1, -0.05) is 0 Å². The molecule has 1 aliphatic rings. The Morgan fingerprint density at radius 3 is 2.61 bits per heavy atom. The van der Waals surface area contributed by atoms with Crippen LogP contribution in [-0.4, -0.2) is 43.2 Å². The van der Waals surface area contributed by atoms with Crippen molar-refractivity contribution in [3.05, 3.63) is 59.2 Å². The summed E-state index contributed by atoms with van der Waals surface area (Å²) in [6.07, 6.45) is 5.28. The number of amides is 1. The zero-order valence-electron chi connectivity index (χ0n) is 16.5. The maximum Gasteiger partial charge on any atom is 0.235 e. The van der Waals surface area contributed by atoms with Gasteiger partial charge in [0.15, 0.2) is 5.82 Å². The molecule has 8 nitrogen and oxygen atoms in total. The van der Waals surface area contributed by atoms with Crippen molar-refractivity contribution in [3.63, 3.8) is 0 Å². The van der Waals surface area contributed by atoms with Crippen LogP contribution in [0.3, 0.4) is 0 Å². The molecule has 1 N–H and O–H groups in total. The van der Waals surface area contributed by atoms with E-state index in [1.807, 2.05) is 50.6 Å². The highest BCUT2D eigenvalue weighted by Gasteiger charge is 2.43. The third kappa shape index (κ3) is 2.60. The van der Waals surface area contributed by atoms with Crippen LogP contribution in [0.15, 0.2) is 35.7 Å². The van der Waals surface area contributed by atoms with Crippen LogP contribution in [0.5, 0.6) is 0 Å². The van der Waals surface area contributed by atoms with Crippen molar-refractivity contribution < 1.29 is 4.79 Å². The van der Waals surface area contributed by atoms with Gasteiger partial charge < -0.3 is 5.32 Å². The zero-order valence-corrected chi connectivity index (χ0v) is 16.5. The first kappa shape index (κ1) is 18.0. The minimum Gasteiger partial charge on any atom is -0.309 e. The zero-order chi connectivity index (χ0) is 20.1. The van der Waals surface area contributed by atoms with Gasteiger partial charge in [0.2, 0.25) is 5.91 Å². The number of aromatic nitrogens is 5. The molecule has 0 fully saturated rings. The molecule has 1 amide bonds. The number of nitrogens with zero attached hydrogens (tertiary/aromatic N) is 6. The number of carbonyl (C=O) groups excluding carboxylic acids is 1. The highest BCUT2D eigenvalue weighted by atomic mass is 16.2. The lowest BCUT2D eigenvalue weighted by atomic mass is 9.87. The first-order valence-electron chi connectivity index (χ1n) is 8.98. The van der Waals surface area contributed by atoms with Gasteiger partial charge in [-0.05, 0) is 39.8 Å². The first-order valence-corrected chi connectivity index (χ1v) is 8.98. The van der Waals surface area contributed by atoms with Gasteiger partial charge in [0.1, 0.15) is 23.2 Å². The van der Waals surface area contributed by atoms with Crippen molar-refractivity contribution in [1.29, 1.82) is 0 Å². The minimum absolute atomic E-state index is 0.111. The first-order chi connectivity index (χ1) is 13.3. The summed E-state index contributed by atoms with van der Waals surface area (Å²) in [4.78, 5) is 35.2. The largest absolute Gasteiger partial charge is 0.309 e. The van der Waals surface area contributed by atoms with Gasteiger partial charge in [-0.15, -0.1) is 0 Å². The Hall–Kier alpha value is -3.42. The molecule has 142 valence electrons. The molecule has 0 saturated carbocycles. The Kier molecular flexibility index (Phi) is 4.06. The summed E-state index contributed by atoms with van der Waals surface area (Å²) in [5, 5.41) is 2.90. The van der Waals surface area contributed by atoms with Crippen molar-refractivity contribution in [2.24, 2.45) is 4.99 Å². The molecule has 3 aromatic rings. The molecule has 4 heterocycles. The van der Waals surface area contributed by atoms with Crippen molar-refractivity contribution in [2.75, 3.05) is 12.4 Å². The van der Waals surface area contributed by atoms with Crippen LogP contribution in [0.1, 0.15) is 42.3 Å². The van der Waals surface area contributed by atoms with Crippen LogP contribution in [-0.2, 0) is 10.2 Å². The van der Waals surface area contributed by atoms with E-state index in [0.29, 0.717) is 23.2 Å². The van der Waals surface area contributed by atoms with Crippen molar-refractivity contribution in [2.45, 2.75) is 33.1 Å². The maximum absolute atomic E-state index is 12.6. The number of aryl methyl sites for hydroxylation is 2. The van der Waals surface area contributed by atoms with E-state index in [1.54, 1.807) is 19.4 Å². The predicted octanol–water partition coefficient (Wildman–Crippen LogP) is 2.37. The fourth-order valence-electron chi connectivity index (χ4n) is 3.45. The molecule has 0 aliphatic carbocycles. The van der Waals surface area contributed by atoms with Crippen LogP contribution < -0.4 is 5.32 Å².